The summed E-state index contributed by atoms with van der Waals surface area (Å²) in [6.45, 7) is 9.48. The maximum Gasteiger partial charge on any atom is 0.236 e. The Morgan fingerprint density at radius 3 is 2.44 bits per heavy atom. The van der Waals surface area contributed by atoms with Crippen LogP contribution in [0.1, 0.15) is 13.3 Å². The van der Waals surface area contributed by atoms with Gasteiger partial charge in [-0.3, -0.25) is 9.69 Å². The number of rotatable bonds is 7. The lowest BCUT2D eigenvalue weighted by Crippen LogP contribution is -2.51. The van der Waals surface area contributed by atoms with Gasteiger partial charge in [0.15, 0.2) is 0 Å². The summed E-state index contributed by atoms with van der Waals surface area (Å²) in [6.07, 6.45) is 1.07. The van der Waals surface area contributed by atoms with Crippen LogP contribution in [-0.2, 0) is 4.79 Å². The van der Waals surface area contributed by atoms with Gasteiger partial charge < -0.3 is 15.1 Å². The van der Waals surface area contributed by atoms with Crippen LogP contribution in [0, 0.1) is 0 Å². The molecule has 0 aromatic heterocycles. The van der Waals surface area contributed by atoms with Crippen molar-refractivity contribution in [1.82, 2.24) is 20.0 Å². The molecule has 0 radical (unpaired) electrons. The molecule has 0 saturated carbocycles. The molecule has 18 heavy (non-hydrogen) atoms. The molecule has 0 atom stereocenters. The van der Waals surface area contributed by atoms with Crippen molar-refractivity contribution in [3.8, 4) is 0 Å². The summed E-state index contributed by atoms with van der Waals surface area (Å²) < 4.78 is 0. The first-order valence-corrected chi connectivity index (χ1v) is 6.99. The highest BCUT2D eigenvalue weighted by molar-refractivity contribution is 5.78. The highest BCUT2D eigenvalue weighted by Gasteiger charge is 2.20. The number of piperazine rings is 1. The first-order valence-electron chi connectivity index (χ1n) is 6.99. The van der Waals surface area contributed by atoms with E-state index in [2.05, 4.69) is 36.1 Å². The summed E-state index contributed by atoms with van der Waals surface area (Å²) in [5.74, 6) is 0.246. The SMILES string of the molecule is CCCNCC(=O)N1CCN(CCN(C)C)CC1. The van der Waals surface area contributed by atoms with E-state index in [1.54, 1.807) is 0 Å². The van der Waals surface area contributed by atoms with Crippen molar-refractivity contribution < 1.29 is 4.79 Å². The zero-order valence-electron chi connectivity index (χ0n) is 12.1. The van der Waals surface area contributed by atoms with Gasteiger partial charge in [0.05, 0.1) is 6.54 Å². The van der Waals surface area contributed by atoms with Crippen molar-refractivity contribution >= 4 is 5.91 Å². The largest absolute Gasteiger partial charge is 0.339 e. The summed E-state index contributed by atoms with van der Waals surface area (Å²) in [5.41, 5.74) is 0. The lowest BCUT2D eigenvalue weighted by Gasteiger charge is -2.35. The minimum absolute atomic E-state index is 0.246. The fraction of sp³-hybridized carbons (Fsp3) is 0.923. The third kappa shape index (κ3) is 5.80. The molecule has 1 aliphatic heterocycles. The van der Waals surface area contributed by atoms with E-state index in [9.17, 15) is 4.79 Å². The van der Waals surface area contributed by atoms with Crippen LogP contribution in [0.3, 0.4) is 0 Å². The monoisotopic (exact) mass is 256 g/mol. The maximum atomic E-state index is 11.9. The van der Waals surface area contributed by atoms with Crippen LogP contribution in [0.15, 0.2) is 0 Å². The van der Waals surface area contributed by atoms with Crippen molar-refractivity contribution in [2.24, 2.45) is 0 Å². The molecule has 1 amide bonds. The second-order valence-corrected chi connectivity index (χ2v) is 5.20. The summed E-state index contributed by atoms with van der Waals surface area (Å²) in [4.78, 5) is 18.5. The van der Waals surface area contributed by atoms with Crippen LogP contribution in [0.5, 0.6) is 0 Å². The minimum atomic E-state index is 0.246. The van der Waals surface area contributed by atoms with Gasteiger partial charge in [-0.1, -0.05) is 6.92 Å². The molecule has 0 aromatic rings. The van der Waals surface area contributed by atoms with Gasteiger partial charge in [0.2, 0.25) is 5.91 Å². The Kier molecular flexibility index (Phi) is 7.23. The van der Waals surface area contributed by atoms with Crippen LogP contribution in [0.2, 0.25) is 0 Å². The molecule has 5 heteroatoms. The Morgan fingerprint density at radius 1 is 1.22 bits per heavy atom. The number of carbonyl (C=O) groups excluding carboxylic acids is 1. The lowest BCUT2D eigenvalue weighted by atomic mass is 10.3. The zero-order chi connectivity index (χ0) is 13.4. The summed E-state index contributed by atoms with van der Waals surface area (Å²) in [5, 5.41) is 3.17. The molecule has 0 bridgehead atoms. The normalized spacial score (nSPS) is 17.4. The molecular weight excluding hydrogens is 228 g/mol. The van der Waals surface area contributed by atoms with Crippen LogP contribution in [0.4, 0.5) is 0 Å². The van der Waals surface area contributed by atoms with Gasteiger partial charge in [-0.25, -0.2) is 0 Å². The number of hydrogen-bond donors (Lipinski definition) is 1. The van der Waals surface area contributed by atoms with Crippen LogP contribution >= 0.6 is 0 Å². The Bertz CT molecular complexity index is 237. The molecule has 1 N–H and O–H groups in total. The van der Waals surface area contributed by atoms with E-state index >= 15 is 0 Å². The van der Waals surface area contributed by atoms with Crippen molar-refractivity contribution in [2.75, 3.05) is 66.5 Å². The van der Waals surface area contributed by atoms with Gasteiger partial charge in [-0.15, -0.1) is 0 Å². The number of likely N-dealkylation sites (N-methyl/N-ethyl adjacent to an activating group) is 1. The van der Waals surface area contributed by atoms with E-state index < -0.39 is 0 Å². The second-order valence-electron chi connectivity index (χ2n) is 5.20. The Labute approximate surface area is 111 Å². The predicted molar refractivity (Wildman–Crippen MR) is 74.7 cm³/mol. The Balaban J connectivity index is 2.16. The first kappa shape index (κ1) is 15.4. The fourth-order valence-electron chi connectivity index (χ4n) is 2.05. The summed E-state index contributed by atoms with van der Waals surface area (Å²) >= 11 is 0. The van der Waals surface area contributed by atoms with Gasteiger partial charge >= 0.3 is 0 Å². The average molecular weight is 256 g/mol. The van der Waals surface area contributed by atoms with E-state index in [1.165, 1.54) is 0 Å². The molecule has 1 heterocycles. The fourth-order valence-corrected chi connectivity index (χ4v) is 2.05. The van der Waals surface area contributed by atoms with E-state index in [4.69, 9.17) is 0 Å². The zero-order valence-corrected chi connectivity index (χ0v) is 12.1. The molecule has 0 aromatic carbocycles. The average Bonchev–Trinajstić information content (AvgIpc) is 2.37. The number of hydrogen-bond acceptors (Lipinski definition) is 4. The quantitative estimate of drug-likeness (QED) is 0.634. The molecule has 5 nitrogen and oxygen atoms in total. The smallest absolute Gasteiger partial charge is 0.236 e. The van der Waals surface area contributed by atoms with Gasteiger partial charge in [0.1, 0.15) is 0 Å². The van der Waals surface area contributed by atoms with Gasteiger partial charge in [-0.05, 0) is 27.1 Å². The number of nitrogens with zero attached hydrogens (tertiary/aromatic N) is 3. The van der Waals surface area contributed by atoms with Crippen molar-refractivity contribution in [3.63, 3.8) is 0 Å². The molecular formula is C13H28N4O. The summed E-state index contributed by atoms with van der Waals surface area (Å²) in [6, 6.07) is 0. The first-order chi connectivity index (χ1) is 8.63. The van der Waals surface area contributed by atoms with E-state index in [1.807, 2.05) is 4.90 Å². The van der Waals surface area contributed by atoms with E-state index in [0.29, 0.717) is 6.54 Å². The number of carbonyl (C=O) groups is 1. The van der Waals surface area contributed by atoms with Crippen molar-refractivity contribution in [2.45, 2.75) is 13.3 Å². The number of amides is 1. The molecule has 106 valence electrons. The molecule has 0 unspecified atom stereocenters. The third-order valence-corrected chi connectivity index (χ3v) is 3.29. The Hall–Kier alpha value is -0.650. The lowest BCUT2D eigenvalue weighted by molar-refractivity contribution is -0.132. The van der Waals surface area contributed by atoms with Crippen LogP contribution in [-0.4, -0.2) is 87.1 Å². The topological polar surface area (TPSA) is 38.8 Å². The molecule has 1 saturated heterocycles. The highest BCUT2D eigenvalue weighted by Crippen LogP contribution is 2.01. The molecule has 0 aliphatic carbocycles. The third-order valence-electron chi connectivity index (χ3n) is 3.29. The van der Waals surface area contributed by atoms with Crippen LogP contribution < -0.4 is 5.32 Å². The molecule has 1 fully saturated rings. The standard InChI is InChI=1S/C13H28N4O/c1-4-5-14-12-13(18)17-10-8-16(9-11-17)7-6-15(2)3/h14H,4-12H2,1-3H3. The second kappa shape index (κ2) is 8.45. The Morgan fingerprint density at radius 2 is 1.89 bits per heavy atom. The predicted octanol–water partition coefficient (Wildman–Crippen LogP) is -0.308. The van der Waals surface area contributed by atoms with E-state index in [-0.39, 0.29) is 5.91 Å². The van der Waals surface area contributed by atoms with Crippen LogP contribution in [0.25, 0.3) is 0 Å². The maximum absolute atomic E-state index is 11.9. The van der Waals surface area contributed by atoms with Crippen molar-refractivity contribution in [3.05, 3.63) is 0 Å². The number of nitrogens with one attached hydrogen (secondary N) is 1. The summed E-state index contributed by atoms with van der Waals surface area (Å²) in [7, 11) is 4.19. The molecule has 0 spiro atoms. The molecule has 1 aliphatic rings. The van der Waals surface area contributed by atoms with Gasteiger partial charge in [0.25, 0.3) is 0 Å². The highest BCUT2D eigenvalue weighted by atomic mass is 16.2. The minimum Gasteiger partial charge on any atom is -0.339 e. The molecule has 1 rings (SSSR count). The van der Waals surface area contributed by atoms with Gasteiger partial charge in [0, 0.05) is 39.3 Å². The van der Waals surface area contributed by atoms with E-state index in [0.717, 1.165) is 52.2 Å². The van der Waals surface area contributed by atoms with Crippen molar-refractivity contribution in [1.29, 1.82) is 0 Å². The van der Waals surface area contributed by atoms with Gasteiger partial charge in [-0.2, -0.15) is 0 Å².